The zero-order valence-electron chi connectivity index (χ0n) is 17.0. The third-order valence-electron chi connectivity index (χ3n) is 5.48. The van der Waals surface area contributed by atoms with Crippen LogP contribution in [0, 0.1) is 13.8 Å². The standard InChI is InChI=1S/C21H26N2O5S/c1-15-11-21(16(2)10-19(15)26-3)29(24,25)23-8-6-22(7-9-23)13-17-4-5-18-20(12-17)28-14-27-18/h4-5,10-12H,6-9,13-14H2,1-3H3. The van der Waals surface area contributed by atoms with Crippen LogP contribution in [0.1, 0.15) is 16.7 Å². The van der Waals surface area contributed by atoms with Gasteiger partial charge < -0.3 is 14.2 Å². The first kappa shape index (κ1) is 20.0. The minimum Gasteiger partial charge on any atom is -0.496 e. The van der Waals surface area contributed by atoms with Crippen molar-refractivity contribution in [1.29, 1.82) is 0 Å². The second kappa shape index (κ2) is 7.85. The Morgan fingerprint density at radius 1 is 0.966 bits per heavy atom. The average molecular weight is 419 g/mol. The van der Waals surface area contributed by atoms with Crippen LogP contribution in [-0.4, -0.2) is 57.7 Å². The largest absolute Gasteiger partial charge is 0.496 e. The highest BCUT2D eigenvalue weighted by atomic mass is 32.2. The van der Waals surface area contributed by atoms with Gasteiger partial charge in [-0.25, -0.2) is 8.42 Å². The van der Waals surface area contributed by atoms with Gasteiger partial charge in [0.2, 0.25) is 16.8 Å². The predicted molar refractivity (Wildman–Crippen MR) is 109 cm³/mol. The van der Waals surface area contributed by atoms with Crippen LogP contribution >= 0.6 is 0 Å². The molecule has 0 aliphatic carbocycles. The van der Waals surface area contributed by atoms with Crippen LogP contribution in [0.15, 0.2) is 35.2 Å². The zero-order chi connectivity index (χ0) is 20.6. The van der Waals surface area contributed by atoms with E-state index < -0.39 is 10.0 Å². The van der Waals surface area contributed by atoms with E-state index in [9.17, 15) is 8.42 Å². The lowest BCUT2D eigenvalue weighted by molar-refractivity contribution is 0.173. The molecule has 0 bridgehead atoms. The van der Waals surface area contributed by atoms with E-state index in [2.05, 4.69) is 4.90 Å². The molecular formula is C21H26N2O5S. The lowest BCUT2D eigenvalue weighted by Crippen LogP contribution is -2.48. The van der Waals surface area contributed by atoms with Crippen molar-refractivity contribution in [2.24, 2.45) is 0 Å². The minimum absolute atomic E-state index is 0.263. The minimum atomic E-state index is -3.53. The van der Waals surface area contributed by atoms with E-state index in [0.717, 1.165) is 29.2 Å². The number of nitrogens with zero attached hydrogens (tertiary/aromatic N) is 2. The molecule has 0 spiro atoms. The van der Waals surface area contributed by atoms with E-state index in [1.807, 2.05) is 32.0 Å². The number of ether oxygens (including phenoxy) is 3. The van der Waals surface area contributed by atoms with Gasteiger partial charge >= 0.3 is 0 Å². The van der Waals surface area contributed by atoms with E-state index >= 15 is 0 Å². The predicted octanol–water partition coefficient (Wildman–Crippen LogP) is 2.55. The third-order valence-corrected chi connectivity index (χ3v) is 7.53. The molecule has 29 heavy (non-hydrogen) atoms. The first-order chi connectivity index (χ1) is 13.9. The summed E-state index contributed by atoms with van der Waals surface area (Å²) in [6.45, 7) is 6.99. The highest BCUT2D eigenvalue weighted by molar-refractivity contribution is 7.89. The topological polar surface area (TPSA) is 68.3 Å². The van der Waals surface area contributed by atoms with Crippen LogP contribution in [0.5, 0.6) is 17.2 Å². The Morgan fingerprint density at radius 3 is 2.41 bits per heavy atom. The highest BCUT2D eigenvalue weighted by Gasteiger charge is 2.30. The SMILES string of the molecule is COc1cc(C)c(S(=O)(=O)N2CCN(Cc3ccc4c(c3)OCO4)CC2)cc1C. The van der Waals surface area contributed by atoms with Gasteiger partial charge in [-0.3, -0.25) is 4.90 Å². The maximum atomic E-state index is 13.2. The Labute approximate surface area is 171 Å². The van der Waals surface area contributed by atoms with Crippen LogP contribution < -0.4 is 14.2 Å². The third kappa shape index (κ3) is 3.92. The van der Waals surface area contributed by atoms with Crippen LogP contribution in [0.3, 0.4) is 0 Å². The lowest BCUT2D eigenvalue weighted by atomic mass is 10.1. The van der Waals surface area contributed by atoms with Crippen molar-refractivity contribution in [2.75, 3.05) is 40.1 Å². The van der Waals surface area contributed by atoms with Crippen LogP contribution in [0.4, 0.5) is 0 Å². The lowest BCUT2D eigenvalue weighted by Gasteiger charge is -2.34. The van der Waals surface area contributed by atoms with E-state index in [-0.39, 0.29) is 6.79 Å². The van der Waals surface area contributed by atoms with Gasteiger partial charge in [-0.15, -0.1) is 0 Å². The molecule has 1 fully saturated rings. The van der Waals surface area contributed by atoms with Gasteiger partial charge in [0.05, 0.1) is 12.0 Å². The van der Waals surface area contributed by atoms with Gasteiger partial charge in [0.25, 0.3) is 0 Å². The van der Waals surface area contributed by atoms with Gasteiger partial charge in [-0.05, 0) is 54.8 Å². The number of hydrogen-bond acceptors (Lipinski definition) is 6. The number of methoxy groups -OCH3 is 1. The summed E-state index contributed by atoms with van der Waals surface area (Å²) in [5.41, 5.74) is 2.65. The molecule has 0 saturated carbocycles. The molecule has 0 atom stereocenters. The van der Waals surface area contributed by atoms with Crippen molar-refractivity contribution in [3.63, 3.8) is 0 Å². The van der Waals surface area contributed by atoms with Gasteiger partial charge in [0.15, 0.2) is 11.5 Å². The van der Waals surface area contributed by atoms with Crippen molar-refractivity contribution < 1.29 is 22.6 Å². The normalized spacial score (nSPS) is 17.5. The number of fused-ring (bicyclic) bond motifs is 1. The van der Waals surface area contributed by atoms with Crippen molar-refractivity contribution in [1.82, 2.24) is 9.21 Å². The highest BCUT2D eigenvalue weighted by Crippen LogP contribution is 2.33. The van der Waals surface area contributed by atoms with E-state index in [1.54, 1.807) is 23.5 Å². The number of benzene rings is 2. The number of rotatable bonds is 5. The maximum absolute atomic E-state index is 13.2. The molecule has 0 N–H and O–H groups in total. The van der Waals surface area contributed by atoms with Gasteiger partial charge in [0.1, 0.15) is 5.75 Å². The zero-order valence-corrected chi connectivity index (χ0v) is 17.8. The van der Waals surface area contributed by atoms with Gasteiger partial charge in [0, 0.05) is 32.7 Å². The average Bonchev–Trinajstić information content (AvgIpc) is 3.17. The molecular weight excluding hydrogens is 392 g/mol. The van der Waals surface area contributed by atoms with Crippen molar-refractivity contribution in [2.45, 2.75) is 25.3 Å². The summed E-state index contributed by atoms with van der Waals surface area (Å²) in [5.74, 6) is 2.25. The molecule has 4 rings (SSSR count). The summed E-state index contributed by atoms with van der Waals surface area (Å²) in [4.78, 5) is 2.62. The molecule has 0 amide bonds. The van der Waals surface area contributed by atoms with Gasteiger partial charge in [-0.2, -0.15) is 4.31 Å². The summed E-state index contributed by atoms with van der Waals surface area (Å²) in [6.07, 6.45) is 0. The Balaban J connectivity index is 1.43. The van der Waals surface area contributed by atoms with E-state index in [4.69, 9.17) is 14.2 Å². The molecule has 2 heterocycles. The Bertz CT molecular complexity index is 1010. The van der Waals surface area contributed by atoms with E-state index in [1.165, 1.54) is 0 Å². The van der Waals surface area contributed by atoms with Crippen molar-refractivity contribution in [3.8, 4) is 17.2 Å². The summed E-state index contributed by atoms with van der Waals surface area (Å²) in [5, 5.41) is 0. The molecule has 0 aromatic heterocycles. The van der Waals surface area contributed by atoms with Crippen LogP contribution in [0.2, 0.25) is 0 Å². The summed E-state index contributed by atoms with van der Waals surface area (Å²) < 4.78 is 44.1. The molecule has 2 aliphatic rings. The molecule has 0 radical (unpaired) electrons. The smallest absolute Gasteiger partial charge is 0.243 e. The van der Waals surface area contributed by atoms with Crippen LogP contribution in [-0.2, 0) is 16.6 Å². The van der Waals surface area contributed by atoms with Gasteiger partial charge in [-0.1, -0.05) is 6.07 Å². The Kier molecular flexibility index (Phi) is 5.42. The van der Waals surface area contributed by atoms with Crippen molar-refractivity contribution in [3.05, 3.63) is 47.0 Å². The fraction of sp³-hybridized carbons (Fsp3) is 0.429. The maximum Gasteiger partial charge on any atom is 0.243 e. The molecule has 2 aliphatic heterocycles. The molecule has 0 unspecified atom stereocenters. The number of aryl methyl sites for hydroxylation is 2. The first-order valence-corrected chi connectivity index (χ1v) is 11.1. The Hall–Kier alpha value is -2.29. The van der Waals surface area contributed by atoms with Crippen LogP contribution in [0.25, 0.3) is 0 Å². The first-order valence-electron chi connectivity index (χ1n) is 9.65. The quantitative estimate of drug-likeness (QED) is 0.743. The summed E-state index contributed by atoms with van der Waals surface area (Å²) in [6, 6.07) is 9.45. The molecule has 156 valence electrons. The molecule has 2 aromatic rings. The number of sulfonamides is 1. The fourth-order valence-corrected chi connectivity index (χ4v) is 5.54. The Morgan fingerprint density at radius 2 is 1.69 bits per heavy atom. The molecule has 2 aromatic carbocycles. The monoisotopic (exact) mass is 418 g/mol. The number of hydrogen-bond donors (Lipinski definition) is 0. The summed E-state index contributed by atoms with van der Waals surface area (Å²) in [7, 11) is -1.94. The second-order valence-electron chi connectivity index (χ2n) is 7.46. The fourth-order valence-electron chi connectivity index (χ4n) is 3.83. The molecule has 7 nitrogen and oxygen atoms in total. The van der Waals surface area contributed by atoms with E-state index in [0.29, 0.717) is 42.4 Å². The molecule has 1 saturated heterocycles. The second-order valence-corrected chi connectivity index (χ2v) is 9.36. The summed E-state index contributed by atoms with van der Waals surface area (Å²) >= 11 is 0. The molecule has 8 heteroatoms. The number of piperazine rings is 1. The van der Waals surface area contributed by atoms with Crippen molar-refractivity contribution >= 4 is 10.0 Å².